The fourth-order valence-electron chi connectivity index (χ4n) is 3.42. The van der Waals surface area contributed by atoms with Gasteiger partial charge in [-0.25, -0.2) is 0 Å². The van der Waals surface area contributed by atoms with Crippen LogP contribution in [-0.4, -0.2) is 29.2 Å². The third kappa shape index (κ3) is 3.77. The van der Waals surface area contributed by atoms with Crippen molar-refractivity contribution in [1.82, 2.24) is 4.98 Å². The Kier molecular flexibility index (Phi) is 6.55. The van der Waals surface area contributed by atoms with Gasteiger partial charge < -0.3 is 16.1 Å². The molecule has 2 unspecified atom stereocenters. The predicted molar refractivity (Wildman–Crippen MR) is 111 cm³/mol. The minimum Gasteiger partial charge on any atom is -0.377 e. The van der Waals surface area contributed by atoms with Crippen LogP contribution in [0.3, 0.4) is 0 Å². The predicted octanol–water partition coefficient (Wildman–Crippen LogP) is 4.63. The van der Waals surface area contributed by atoms with Crippen LogP contribution in [0.4, 0.5) is 5.69 Å². The van der Waals surface area contributed by atoms with Crippen molar-refractivity contribution >= 4 is 23.9 Å². The minimum absolute atomic E-state index is 0. The summed E-state index contributed by atoms with van der Waals surface area (Å²) < 4.78 is 0. The second-order valence-corrected chi connectivity index (χ2v) is 6.01. The molecule has 1 aromatic heterocycles. The SMILES string of the molecule is C.C/C=C\C(=C/C=N)C1Nc2cccc(C=O)c2C(=N)C1c1ccncc1. The lowest BCUT2D eigenvalue weighted by molar-refractivity contribution is 0.112. The Morgan fingerprint density at radius 1 is 1.22 bits per heavy atom. The highest BCUT2D eigenvalue weighted by molar-refractivity contribution is 6.14. The third-order valence-corrected chi connectivity index (χ3v) is 4.51. The van der Waals surface area contributed by atoms with E-state index in [-0.39, 0.29) is 19.4 Å². The molecule has 5 nitrogen and oxygen atoms in total. The summed E-state index contributed by atoms with van der Waals surface area (Å²) in [6.07, 6.45) is 11.0. The molecular formula is C22H24N4O. The summed E-state index contributed by atoms with van der Waals surface area (Å²) in [6, 6.07) is 8.97. The number of benzene rings is 1. The zero-order valence-corrected chi connectivity index (χ0v) is 14.4. The molecule has 1 aliphatic rings. The molecule has 0 radical (unpaired) electrons. The molecule has 3 N–H and O–H groups in total. The summed E-state index contributed by atoms with van der Waals surface area (Å²) >= 11 is 0. The molecule has 2 heterocycles. The van der Waals surface area contributed by atoms with E-state index in [2.05, 4.69) is 10.3 Å². The van der Waals surface area contributed by atoms with Crippen LogP contribution in [0, 0.1) is 10.8 Å². The van der Waals surface area contributed by atoms with E-state index >= 15 is 0 Å². The number of nitrogens with zero attached hydrogens (tertiary/aromatic N) is 1. The van der Waals surface area contributed by atoms with E-state index in [1.54, 1.807) is 24.5 Å². The van der Waals surface area contributed by atoms with E-state index in [1.807, 2.05) is 43.3 Å². The van der Waals surface area contributed by atoms with Crippen molar-refractivity contribution in [2.75, 3.05) is 5.32 Å². The van der Waals surface area contributed by atoms with Crippen molar-refractivity contribution in [3.63, 3.8) is 0 Å². The first-order chi connectivity index (χ1) is 12.7. The molecule has 2 aromatic rings. The van der Waals surface area contributed by atoms with Crippen LogP contribution in [0.15, 0.2) is 66.5 Å². The first-order valence-corrected chi connectivity index (χ1v) is 8.38. The van der Waals surface area contributed by atoms with Gasteiger partial charge in [-0.1, -0.05) is 31.7 Å². The van der Waals surface area contributed by atoms with Crippen molar-refractivity contribution in [2.24, 2.45) is 0 Å². The van der Waals surface area contributed by atoms with E-state index in [1.165, 1.54) is 6.21 Å². The van der Waals surface area contributed by atoms with Gasteiger partial charge in [-0.05, 0) is 42.3 Å². The number of aromatic nitrogens is 1. The lowest BCUT2D eigenvalue weighted by Gasteiger charge is -2.37. The average molecular weight is 360 g/mol. The molecule has 0 saturated carbocycles. The number of allylic oxidation sites excluding steroid dienone is 2. The van der Waals surface area contributed by atoms with Gasteiger partial charge in [0.2, 0.25) is 0 Å². The van der Waals surface area contributed by atoms with Gasteiger partial charge in [-0.3, -0.25) is 9.78 Å². The molecule has 2 atom stereocenters. The number of anilines is 1. The summed E-state index contributed by atoms with van der Waals surface area (Å²) in [5.41, 5.74) is 4.12. The highest BCUT2D eigenvalue weighted by atomic mass is 16.1. The van der Waals surface area contributed by atoms with Crippen LogP contribution in [0.25, 0.3) is 0 Å². The van der Waals surface area contributed by atoms with Crippen molar-refractivity contribution in [2.45, 2.75) is 26.3 Å². The number of rotatable bonds is 5. The molecule has 0 bridgehead atoms. The van der Waals surface area contributed by atoms with Gasteiger partial charge in [0.15, 0.2) is 6.29 Å². The van der Waals surface area contributed by atoms with Crippen molar-refractivity contribution in [3.8, 4) is 0 Å². The molecule has 27 heavy (non-hydrogen) atoms. The fourth-order valence-corrected chi connectivity index (χ4v) is 3.42. The van der Waals surface area contributed by atoms with Gasteiger partial charge in [0.1, 0.15) is 0 Å². The molecule has 0 amide bonds. The zero-order chi connectivity index (χ0) is 18.5. The maximum absolute atomic E-state index is 11.5. The van der Waals surface area contributed by atoms with Crippen molar-refractivity contribution in [3.05, 3.63) is 83.2 Å². The molecule has 1 aromatic carbocycles. The lowest BCUT2D eigenvalue weighted by Crippen LogP contribution is -2.39. The van der Waals surface area contributed by atoms with Crippen molar-refractivity contribution < 1.29 is 4.79 Å². The second kappa shape index (κ2) is 8.85. The fraction of sp³-hybridized carbons (Fsp3) is 0.182. The molecule has 0 saturated heterocycles. The van der Waals surface area contributed by atoms with Gasteiger partial charge in [0.25, 0.3) is 0 Å². The lowest BCUT2D eigenvalue weighted by atomic mass is 9.76. The Labute approximate surface area is 159 Å². The number of pyridine rings is 1. The molecule has 0 spiro atoms. The van der Waals surface area contributed by atoms with Gasteiger partial charge in [0.05, 0.1) is 17.7 Å². The smallest absolute Gasteiger partial charge is 0.150 e. The van der Waals surface area contributed by atoms with Gasteiger partial charge in [-0.2, -0.15) is 0 Å². The topological polar surface area (TPSA) is 89.7 Å². The van der Waals surface area contributed by atoms with Crippen LogP contribution in [-0.2, 0) is 0 Å². The van der Waals surface area contributed by atoms with Crippen LogP contribution < -0.4 is 5.32 Å². The van der Waals surface area contributed by atoms with Crippen LogP contribution in [0.2, 0.25) is 0 Å². The number of carbonyl (C=O) groups is 1. The first-order valence-electron chi connectivity index (χ1n) is 8.38. The minimum atomic E-state index is -0.297. The summed E-state index contributed by atoms with van der Waals surface area (Å²) in [6.45, 7) is 1.92. The van der Waals surface area contributed by atoms with Crippen LogP contribution in [0.1, 0.15) is 41.8 Å². The quantitative estimate of drug-likeness (QED) is 0.412. The number of aldehydes is 1. The summed E-state index contributed by atoms with van der Waals surface area (Å²) in [4.78, 5) is 15.6. The van der Waals surface area contributed by atoms with Crippen LogP contribution in [0.5, 0.6) is 0 Å². The molecule has 0 fully saturated rings. The van der Waals surface area contributed by atoms with E-state index in [0.717, 1.165) is 23.1 Å². The Bertz CT molecular complexity index is 900. The Morgan fingerprint density at radius 2 is 1.96 bits per heavy atom. The maximum Gasteiger partial charge on any atom is 0.150 e. The van der Waals surface area contributed by atoms with Crippen LogP contribution >= 0.6 is 0 Å². The van der Waals surface area contributed by atoms with Gasteiger partial charge >= 0.3 is 0 Å². The Morgan fingerprint density at radius 3 is 2.59 bits per heavy atom. The normalized spacial score (nSPS) is 19.0. The zero-order valence-electron chi connectivity index (χ0n) is 14.4. The number of fused-ring (bicyclic) bond motifs is 1. The Balaban J connectivity index is 0.00000261. The number of hydrogen-bond acceptors (Lipinski definition) is 5. The van der Waals surface area contributed by atoms with E-state index in [4.69, 9.17) is 10.8 Å². The molecule has 138 valence electrons. The molecule has 5 heteroatoms. The molecular weight excluding hydrogens is 336 g/mol. The van der Waals surface area contributed by atoms with E-state index in [0.29, 0.717) is 16.8 Å². The number of nitrogens with one attached hydrogen (secondary N) is 3. The van der Waals surface area contributed by atoms with Crippen molar-refractivity contribution in [1.29, 1.82) is 10.8 Å². The average Bonchev–Trinajstić information content (AvgIpc) is 2.67. The highest BCUT2D eigenvalue weighted by Gasteiger charge is 2.36. The first kappa shape index (κ1) is 20.0. The summed E-state index contributed by atoms with van der Waals surface area (Å²) in [5.74, 6) is -0.297. The van der Waals surface area contributed by atoms with Gasteiger partial charge in [-0.15, -0.1) is 0 Å². The molecule has 0 aliphatic carbocycles. The number of carbonyl (C=O) groups excluding carboxylic acids is 1. The molecule has 1 aliphatic heterocycles. The van der Waals surface area contributed by atoms with E-state index < -0.39 is 0 Å². The van der Waals surface area contributed by atoms with Gasteiger partial charge in [0, 0.05) is 35.4 Å². The largest absolute Gasteiger partial charge is 0.377 e. The standard InChI is InChI=1S/C21H20N4O.CH4/c1-2-4-15(7-10-22)21-19(14-8-11-24-12-9-14)20(23)18-16(13-26)5-3-6-17(18)25-21;/h2-13,19,21-23,25H,1H3;1H4/b4-2-,15-7+,22-10?,23-20?;. The summed E-state index contributed by atoms with van der Waals surface area (Å²) in [7, 11) is 0. The Hall–Kier alpha value is -3.34. The molecule has 3 rings (SSSR count). The number of hydrogen-bond donors (Lipinski definition) is 3. The monoisotopic (exact) mass is 360 g/mol. The third-order valence-electron chi connectivity index (χ3n) is 4.51. The summed E-state index contributed by atoms with van der Waals surface area (Å²) in [5, 5.41) is 19.8. The maximum atomic E-state index is 11.5. The van der Waals surface area contributed by atoms with E-state index in [9.17, 15) is 4.79 Å². The highest BCUT2D eigenvalue weighted by Crippen LogP contribution is 2.38. The second-order valence-electron chi connectivity index (χ2n) is 6.01.